The Bertz CT molecular complexity index is 1260. The minimum Gasteiger partial charge on any atom is -0.493 e. The largest absolute Gasteiger partial charge is 0.493 e. The van der Waals surface area contributed by atoms with Gasteiger partial charge in [0.25, 0.3) is 0 Å². The maximum Gasteiger partial charge on any atom is 0.329 e. The molecule has 0 aliphatic heterocycles. The average molecular weight is 427 g/mol. The smallest absolute Gasteiger partial charge is 0.329 e. The van der Waals surface area contributed by atoms with E-state index in [0.29, 0.717) is 51.4 Å². The van der Waals surface area contributed by atoms with E-state index in [1.807, 2.05) is 18.2 Å². The highest BCUT2D eigenvalue weighted by molar-refractivity contribution is 6.30. The van der Waals surface area contributed by atoms with Crippen LogP contribution in [0.2, 0.25) is 5.02 Å². The first kappa shape index (κ1) is 19.8. The van der Waals surface area contributed by atoms with Crippen molar-refractivity contribution in [2.24, 2.45) is 0 Å². The Balaban J connectivity index is 1.83. The Morgan fingerprint density at radius 3 is 2.43 bits per heavy atom. The van der Waals surface area contributed by atoms with Gasteiger partial charge in [0.15, 0.2) is 22.8 Å². The van der Waals surface area contributed by atoms with Crippen molar-refractivity contribution in [3.63, 3.8) is 0 Å². The van der Waals surface area contributed by atoms with Gasteiger partial charge in [-0.15, -0.1) is 0 Å². The van der Waals surface area contributed by atoms with Gasteiger partial charge in [0, 0.05) is 10.6 Å². The van der Waals surface area contributed by atoms with Crippen LogP contribution in [-0.4, -0.2) is 40.8 Å². The lowest BCUT2D eigenvalue weighted by Crippen LogP contribution is -2.17. The highest BCUT2D eigenvalue weighted by Crippen LogP contribution is 2.40. The van der Waals surface area contributed by atoms with Gasteiger partial charge < -0.3 is 14.2 Å². The van der Waals surface area contributed by atoms with E-state index >= 15 is 0 Å². The molecule has 0 aliphatic carbocycles. The molecule has 4 aromatic rings. The summed E-state index contributed by atoms with van der Waals surface area (Å²) in [5.74, 6) is 1.48. The molecule has 2 aromatic heterocycles. The maximum absolute atomic E-state index is 12.5. The SMILES string of the molecule is COc1cc(-c2cnc3[nH]c(=O)n(Cc4cccc(Cl)c4)c3n2)cc(OC)c1OC. The van der Waals surface area contributed by atoms with Crippen molar-refractivity contribution in [2.75, 3.05) is 21.3 Å². The number of aromatic nitrogens is 4. The molecule has 2 aromatic carbocycles. The molecule has 0 unspecified atom stereocenters. The average Bonchev–Trinajstić information content (AvgIpc) is 3.07. The van der Waals surface area contributed by atoms with E-state index in [1.54, 1.807) is 45.7 Å². The van der Waals surface area contributed by atoms with Gasteiger partial charge in [-0.25, -0.2) is 14.8 Å². The number of imidazole rings is 1. The summed E-state index contributed by atoms with van der Waals surface area (Å²) in [6.07, 6.45) is 1.59. The number of benzene rings is 2. The molecule has 9 heteroatoms. The number of H-pyrrole nitrogens is 1. The molecule has 8 nitrogen and oxygen atoms in total. The monoisotopic (exact) mass is 426 g/mol. The zero-order valence-corrected chi connectivity index (χ0v) is 17.4. The molecule has 154 valence electrons. The predicted octanol–water partition coefficient (Wildman–Crippen LogP) is 3.51. The number of aromatic amines is 1. The van der Waals surface area contributed by atoms with E-state index in [2.05, 4.69) is 15.0 Å². The molecule has 0 saturated carbocycles. The summed E-state index contributed by atoms with van der Waals surface area (Å²) in [7, 11) is 4.63. The van der Waals surface area contributed by atoms with E-state index in [4.69, 9.17) is 25.8 Å². The number of nitrogens with zero attached hydrogens (tertiary/aromatic N) is 3. The van der Waals surface area contributed by atoms with E-state index in [1.165, 1.54) is 4.57 Å². The van der Waals surface area contributed by atoms with Gasteiger partial charge in [0.1, 0.15) is 0 Å². The number of ether oxygens (including phenoxy) is 3. The third-order valence-electron chi connectivity index (χ3n) is 4.67. The van der Waals surface area contributed by atoms with Crippen molar-refractivity contribution in [3.8, 4) is 28.5 Å². The Morgan fingerprint density at radius 1 is 1.07 bits per heavy atom. The predicted molar refractivity (Wildman–Crippen MR) is 114 cm³/mol. The Morgan fingerprint density at radius 2 is 1.80 bits per heavy atom. The normalized spacial score (nSPS) is 10.9. The molecule has 0 saturated heterocycles. The molecular weight excluding hydrogens is 408 g/mol. The standard InChI is InChI=1S/C21H19ClN4O4/c1-28-16-8-13(9-17(29-2)18(16)30-3)15-10-23-19-20(24-15)26(21(27)25-19)11-12-5-4-6-14(22)7-12/h4-10H,11H2,1-3H3,(H,23,25,27). The lowest BCUT2D eigenvalue weighted by atomic mass is 10.1. The minimum absolute atomic E-state index is 0.299. The third-order valence-corrected chi connectivity index (χ3v) is 4.91. The van der Waals surface area contributed by atoms with Crippen LogP contribution in [0.15, 0.2) is 47.4 Å². The van der Waals surface area contributed by atoms with Gasteiger partial charge in [-0.3, -0.25) is 9.55 Å². The fraction of sp³-hybridized carbons (Fsp3) is 0.190. The summed E-state index contributed by atoms with van der Waals surface area (Å²) in [5.41, 5.74) is 2.68. The number of halogens is 1. The van der Waals surface area contributed by atoms with Crippen LogP contribution in [0, 0.1) is 0 Å². The van der Waals surface area contributed by atoms with Crippen molar-refractivity contribution in [3.05, 3.63) is 63.7 Å². The van der Waals surface area contributed by atoms with Crippen molar-refractivity contribution < 1.29 is 14.2 Å². The molecule has 0 amide bonds. The van der Waals surface area contributed by atoms with Crippen LogP contribution in [0.3, 0.4) is 0 Å². The number of methoxy groups -OCH3 is 3. The lowest BCUT2D eigenvalue weighted by Gasteiger charge is -2.14. The molecule has 0 bridgehead atoms. The first-order valence-electron chi connectivity index (χ1n) is 9.04. The quantitative estimate of drug-likeness (QED) is 0.507. The van der Waals surface area contributed by atoms with Crippen LogP contribution in [0.1, 0.15) is 5.56 Å². The molecule has 1 N–H and O–H groups in total. The van der Waals surface area contributed by atoms with Crippen LogP contribution >= 0.6 is 11.6 Å². The summed E-state index contributed by atoms with van der Waals surface area (Å²) in [4.78, 5) is 24.3. The van der Waals surface area contributed by atoms with E-state index < -0.39 is 0 Å². The Kier molecular flexibility index (Phi) is 5.33. The molecular formula is C21H19ClN4O4. The molecule has 4 rings (SSSR count). The van der Waals surface area contributed by atoms with Gasteiger partial charge >= 0.3 is 5.69 Å². The number of rotatable bonds is 6. The summed E-state index contributed by atoms with van der Waals surface area (Å²) in [6, 6.07) is 10.9. The highest BCUT2D eigenvalue weighted by atomic mass is 35.5. The van der Waals surface area contributed by atoms with Gasteiger partial charge in [-0.05, 0) is 29.8 Å². The molecule has 0 atom stereocenters. The minimum atomic E-state index is -0.299. The van der Waals surface area contributed by atoms with Gasteiger partial charge in [-0.1, -0.05) is 23.7 Å². The molecule has 0 radical (unpaired) electrons. The van der Waals surface area contributed by atoms with Crippen LogP contribution in [0.4, 0.5) is 0 Å². The van der Waals surface area contributed by atoms with Crippen molar-refractivity contribution in [2.45, 2.75) is 6.54 Å². The molecule has 0 fully saturated rings. The van der Waals surface area contributed by atoms with Crippen molar-refractivity contribution in [1.29, 1.82) is 0 Å². The fourth-order valence-electron chi connectivity index (χ4n) is 3.25. The second-order valence-corrected chi connectivity index (χ2v) is 6.92. The van der Waals surface area contributed by atoms with Crippen molar-refractivity contribution in [1.82, 2.24) is 19.5 Å². The topological polar surface area (TPSA) is 91.3 Å². The lowest BCUT2D eigenvalue weighted by molar-refractivity contribution is 0.324. The summed E-state index contributed by atoms with van der Waals surface area (Å²) in [6.45, 7) is 0.312. The number of hydrogen-bond acceptors (Lipinski definition) is 6. The van der Waals surface area contributed by atoms with E-state index in [9.17, 15) is 4.79 Å². The van der Waals surface area contributed by atoms with Gasteiger partial charge in [0.2, 0.25) is 5.75 Å². The van der Waals surface area contributed by atoms with E-state index in [-0.39, 0.29) is 5.69 Å². The molecule has 0 aliphatic rings. The molecule has 0 spiro atoms. The Labute approximate surface area is 177 Å². The molecule has 2 heterocycles. The first-order chi connectivity index (χ1) is 14.5. The van der Waals surface area contributed by atoms with E-state index in [0.717, 1.165) is 5.56 Å². The highest BCUT2D eigenvalue weighted by Gasteiger charge is 2.17. The summed E-state index contributed by atoms with van der Waals surface area (Å²) >= 11 is 6.07. The van der Waals surface area contributed by atoms with Gasteiger partial charge in [0.05, 0.1) is 39.8 Å². The van der Waals surface area contributed by atoms with Crippen molar-refractivity contribution >= 4 is 22.9 Å². The number of fused-ring (bicyclic) bond motifs is 1. The van der Waals surface area contributed by atoms with Crippen LogP contribution in [0.5, 0.6) is 17.2 Å². The first-order valence-corrected chi connectivity index (χ1v) is 9.42. The van der Waals surface area contributed by atoms with Crippen LogP contribution in [0.25, 0.3) is 22.6 Å². The maximum atomic E-state index is 12.5. The third kappa shape index (κ3) is 3.57. The Hall–Kier alpha value is -3.52. The fourth-order valence-corrected chi connectivity index (χ4v) is 3.47. The second-order valence-electron chi connectivity index (χ2n) is 6.49. The second kappa shape index (κ2) is 8.08. The zero-order chi connectivity index (χ0) is 21.3. The number of nitrogens with one attached hydrogen (secondary N) is 1. The zero-order valence-electron chi connectivity index (χ0n) is 16.6. The van der Waals surface area contributed by atoms with Crippen LogP contribution < -0.4 is 19.9 Å². The molecule has 30 heavy (non-hydrogen) atoms. The van der Waals surface area contributed by atoms with Crippen LogP contribution in [-0.2, 0) is 6.54 Å². The van der Waals surface area contributed by atoms with Gasteiger partial charge in [-0.2, -0.15) is 0 Å². The summed E-state index contributed by atoms with van der Waals surface area (Å²) < 4.78 is 17.7. The number of hydrogen-bond donors (Lipinski definition) is 1. The summed E-state index contributed by atoms with van der Waals surface area (Å²) in [5, 5.41) is 0.601.